The normalized spacial score (nSPS) is 11.5. The topological polar surface area (TPSA) is 100 Å². The zero-order valence-electron chi connectivity index (χ0n) is 11.5. The molecule has 2 N–H and O–H groups in total. The van der Waals surface area contributed by atoms with Crippen LogP contribution < -0.4 is 9.88 Å². The Morgan fingerprint density at radius 2 is 1.91 bits per heavy atom. The van der Waals surface area contributed by atoms with E-state index >= 15 is 0 Å². The van der Waals surface area contributed by atoms with Crippen LogP contribution in [0.3, 0.4) is 0 Å². The van der Waals surface area contributed by atoms with Gasteiger partial charge in [0, 0.05) is 0 Å². The fourth-order valence-electron chi connectivity index (χ4n) is 1.85. The SMILES string of the molecule is COc1ccc(-n2cc(-c3ccc(S(N)(=O)=O)s3)nn2)cc1. The molecular weight excluding hydrogens is 324 g/mol. The van der Waals surface area contributed by atoms with Gasteiger partial charge in [0.15, 0.2) is 0 Å². The molecule has 0 bridgehead atoms. The summed E-state index contributed by atoms with van der Waals surface area (Å²) < 4.78 is 29.4. The Balaban J connectivity index is 1.91. The van der Waals surface area contributed by atoms with Crippen molar-refractivity contribution in [1.82, 2.24) is 15.0 Å². The molecule has 0 unspecified atom stereocenters. The molecule has 114 valence electrons. The molecule has 0 fully saturated rings. The molecule has 2 aromatic heterocycles. The summed E-state index contributed by atoms with van der Waals surface area (Å²) in [7, 11) is -2.09. The van der Waals surface area contributed by atoms with E-state index in [1.807, 2.05) is 24.3 Å². The van der Waals surface area contributed by atoms with Gasteiger partial charge in [0.05, 0.1) is 23.9 Å². The van der Waals surface area contributed by atoms with Gasteiger partial charge in [-0.25, -0.2) is 18.2 Å². The number of sulfonamides is 1. The van der Waals surface area contributed by atoms with Crippen molar-refractivity contribution >= 4 is 21.4 Å². The van der Waals surface area contributed by atoms with E-state index in [4.69, 9.17) is 9.88 Å². The summed E-state index contributed by atoms with van der Waals surface area (Å²) in [6.07, 6.45) is 1.72. The zero-order chi connectivity index (χ0) is 15.7. The Morgan fingerprint density at radius 1 is 1.18 bits per heavy atom. The zero-order valence-corrected chi connectivity index (χ0v) is 13.1. The van der Waals surface area contributed by atoms with Crippen LogP contribution in [0.2, 0.25) is 0 Å². The molecule has 0 atom stereocenters. The molecule has 7 nitrogen and oxygen atoms in total. The summed E-state index contributed by atoms with van der Waals surface area (Å²) >= 11 is 1.06. The number of hydrogen-bond acceptors (Lipinski definition) is 6. The van der Waals surface area contributed by atoms with Crippen molar-refractivity contribution in [1.29, 1.82) is 0 Å². The maximum absolute atomic E-state index is 11.3. The first-order valence-corrected chi connectivity index (χ1v) is 8.53. The Hall–Kier alpha value is -2.23. The lowest BCUT2D eigenvalue weighted by molar-refractivity contribution is 0.414. The van der Waals surface area contributed by atoms with Crippen LogP contribution in [0, 0.1) is 0 Å². The van der Waals surface area contributed by atoms with Crippen molar-refractivity contribution in [3.05, 3.63) is 42.6 Å². The largest absolute Gasteiger partial charge is 0.497 e. The molecule has 0 radical (unpaired) electrons. The minimum Gasteiger partial charge on any atom is -0.497 e. The standard InChI is InChI=1S/C13H12N4O3S2/c1-20-10-4-2-9(3-5-10)17-8-11(15-16-17)12-6-7-13(21-12)22(14,18)19/h2-8H,1H3,(H2,14,18,19). The van der Waals surface area contributed by atoms with Gasteiger partial charge in [0.2, 0.25) is 10.0 Å². The molecule has 3 rings (SSSR count). The molecular formula is C13H12N4O3S2. The van der Waals surface area contributed by atoms with Gasteiger partial charge < -0.3 is 4.74 Å². The molecule has 1 aromatic carbocycles. The number of nitrogens with zero attached hydrogens (tertiary/aromatic N) is 3. The number of benzene rings is 1. The van der Waals surface area contributed by atoms with Gasteiger partial charge in [-0.2, -0.15) is 0 Å². The Labute approximate surface area is 131 Å². The molecule has 3 aromatic rings. The summed E-state index contributed by atoms with van der Waals surface area (Å²) in [5.74, 6) is 0.750. The van der Waals surface area contributed by atoms with E-state index in [1.165, 1.54) is 6.07 Å². The van der Waals surface area contributed by atoms with Crippen molar-refractivity contribution in [2.45, 2.75) is 4.21 Å². The van der Waals surface area contributed by atoms with Crippen LogP contribution in [0.5, 0.6) is 5.75 Å². The minimum absolute atomic E-state index is 0.0986. The fourth-order valence-corrected chi connectivity index (χ4v) is 3.53. The van der Waals surface area contributed by atoms with E-state index in [0.717, 1.165) is 22.8 Å². The average molecular weight is 336 g/mol. The van der Waals surface area contributed by atoms with Crippen molar-refractivity contribution in [3.63, 3.8) is 0 Å². The van der Waals surface area contributed by atoms with E-state index in [9.17, 15) is 8.42 Å². The second kappa shape index (κ2) is 5.52. The molecule has 22 heavy (non-hydrogen) atoms. The third-order valence-corrected chi connectivity index (χ3v) is 5.49. The lowest BCUT2D eigenvalue weighted by atomic mass is 10.3. The summed E-state index contributed by atoms with van der Waals surface area (Å²) in [4.78, 5) is 0.684. The quantitative estimate of drug-likeness (QED) is 0.781. The smallest absolute Gasteiger partial charge is 0.247 e. The number of aromatic nitrogens is 3. The molecule has 2 heterocycles. The maximum atomic E-state index is 11.3. The fraction of sp³-hybridized carbons (Fsp3) is 0.0769. The lowest BCUT2D eigenvalue weighted by Crippen LogP contribution is -2.09. The van der Waals surface area contributed by atoms with E-state index in [0.29, 0.717) is 10.6 Å². The first-order valence-electron chi connectivity index (χ1n) is 6.17. The van der Waals surface area contributed by atoms with E-state index < -0.39 is 10.0 Å². The highest BCUT2D eigenvalue weighted by Gasteiger charge is 2.14. The van der Waals surface area contributed by atoms with Gasteiger partial charge in [0.1, 0.15) is 15.7 Å². The van der Waals surface area contributed by atoms with E-state index in [-0.39, 0.29) is 4.21 Å². The van der Waals surface area contributed by atoms with Crippen LogP contribution >= 0.6 is 11.3 Å². The number of hydrogen-bond donors (Lipinski definition) is 1. The van der Waals surface area contributed by atoms with Gasteiger partial charge in [-0.1, -0.05) is 5.21 Å². The number of methoxy groups -OCH3 is 1. The molecule has 0 spiro atoms. The lowest BCUT2D eigenvalue weighted by Gasteiger charge is -2.01. The van der Waals surface area contributed by atoms with Crippen LogP contribution in [0.1, 0.15) is 0 Å². The second-order valence-corrected chi connectivity index (χ2v) is 7.28. The number of rotatable bonds is 4. The van der Waals surface area contributed by atoms with E-state index in [1.54, 1.807) is 24.1 Å². The van der Waals surface area contributed by atoms with Crippen LogP contribution in [-0.2, 0) is 10.0 Å². The maximum Gasteiger partial charge on any atom is 0.247 e. The number of thiophene rings is 1. The molecule has 0 aliphatic heterocycles. The van der Waals surface area contributed by atoms with Crippen molar-refractivity contribution in [2.75, 3.05) is 7.11 Å². The summed E-state index contributed by atoms with van der Waals surface area (Å²) in [6.45, 7) is 0. The monoisotopic (exact) mass is 336 g/mol. The highest BCUT2D eigenvalue weighted by molar-refractivity contribution is 7.91. The Morgan fingerprint density at radius 3 is 2.50 bits per heavy atom. The third kappa shape index (κ3) is 2.86. The van der Waals surface area contributed by atoms with Crippen LogP contribution in [-0.4, -0.2) is 30.5 Å². The predicted molar refractivity (Wildman–Crippen MR) is 82.6 cm³/mol. The van der Waals surface area contributed by atoms with Crippen LogP contribution in [0.25, 0.3) is 16.3 Å². The van der Waals surface area contributed by atoms with Gasteiger partial charge in [-0.05, 0) is 36.4 Å². The molecule has 0 saturated carbocycles. The minimum atomic E-state index is -3.69. The van der Waals surface area contributed by atoms with Crippen LogP contribution in [0.4, 0.5) is 0 Å². The Bertz CT molecular complexity index is 898. The third-order valence-electron chi connectivity index (χ3n) is 2.94. The van der Waals surface area contributed by atoms with Gasteiger partial charge in [-0.15, -0.1) is 16.4 Å². The average Bonchev–Trinajstić information content (AvgIpc) is 3.15. The van der Waals surface area contributed by atoms with Crippen molar-refractivity contribution in [2.24, 2.45) is 5.14 Å². The molecule has 0 aliphatic carbocycles. The van der Waals surface area contributed by atoms with Gasteiger partial charge in [0.25, 0.3) is 0 Å². The van der Waals surface area contributed by atoms with Crippen LogP contribution in [0.15, 0.2) is 46.8 Å². The summed E-state index contributed by atoms with van der Waals surface area (Å²) in [6, 6.07) is 10.5. The number of primary sulfonamides is 1. The van der Waals surface area contributed by atoms with Crippen molar-refractivity contribution < 1.29 is 13.2 Å². The van der Waals surface area contributed by atoms with Gasteiger partial charge in [-0.3, -0.25) is 0 Å². The van der Waals surface area contributed by atoms with Crippen molar-refractivity contribution in [3.8, 4) is 22.0 Å². The van der Waals surface area contributed by atoms with Gasteiger partial charge >= 0.3 is 0 Å². The summed E-state index contributed by atoms with van der Waals surface area (Å²) in [5, 5.41) is 13.2. The first kappa shape index (κ1) is 14.7. The molecule has 9 heteroatoms. The highest BCUT2D eigenvalue weighted by atomic mass is 32.2. The Kier molecular flexibility index (Phi) is 3.69. The molecule has 0 saturated heterocycles. The predicted octanol–water partition coefficient (Wildman–Crippen LogP) is 1.65. The molecule has 0 amide bonds. The highest BCUT2D eigenvalue weighted by Crippen LogP contribution is 2.29. The van der Waals surface area contributed by atoms with E-state index in [2.05, 4.69) is 10.3 Å². The molecule has 0 aliphatic rings. The number of nitrogens with two attached hydrogens (primary N) is 1. The first-order chi connectivity index (χ1) is 10.5. The second-order valence-electron chi connectivity index (χ2n) is 4.41. The summed E-state index contributed by atoms with van der Waals surface area (Å²) in [5.41, 5.74) is 1.40. The number of ether oxygens (including phenoxy) is 1.